The first-order valence-electron chi connectivity index (χ1n) is 5.85. The monoisotopic (exact) mass is 239 g/mol. The normalized spacial score (nSPS) is 33.3. The highest BCUT2D eigenvalue weighted by Crippen LogP contribution is 2.24. The van der Waals surface area contributed by atoms with Gasteiger partial charge in [0.1, 0.15) is 6.04 Å². The second kappa shape index (κ2) is 4.44. The van der Waals surface area contributed by atoms with Gasteiger partial charge in [0.2, 0.25) is 11.8 Å². The van der Waals surface area contributed by atoms with E-state index in [1.54, 1.807) is 0 Å². The number of nitrogens with zero attached hydrogens (tertiary/aromatic N) is 1. The highest BCUT2D eigenvalue weighted by Gasteiger charge is 2.38. The molecule has 6 nitrogen and oxygen atoms in total. The molecule has 1 saturated heterocycles. The number of nitrogens with two attached hydrogens (primary N) is 1. The molecule has 2 rings (SSSR count). The van der Waals surface area contributed by atoms with Crippen molar-refractivity contribution in [1.82, 2.24) is 10.2 Å². The largest absolute Gasteiger partial charge is 0.344 e. The number of carbonyl (C=O) groups is 3. The summed E-state index contributed by atoms with van der Waals surface area (Å²) in [5.74, 6) is -0.840. The molecular weight excluding hydrogens is 222 g/mol. The zero-order chi connectivity index (χ0) is 12.6. The van der Waals surface area contributed by atoms with Crippen LogP contribution in [0.1, 0.15) is 25.7 Å². The maximum atomic E-state index is 11.9. The molecule has 3 amide bonds. The van der Waals surface area contributed by atoms with Gasteiger partial charge in [-0.25, -0.2) is 0 Å². The lowest BCUT2D eigenvalue weighted by atomic mass is 10.1. The fourth-order valence-electron chi connectivity index (χ4n) is 2.41. The predicted molar refractivity (Wildman–Crippen MR) is 59.6 cm³/mol. The van der Waals surface area contributed by atoms with Crippen LogP contribution in [0, 0.1) is 5.92 Å². The highest BCUT2D eigenvalue weighted by molar-refractivity contribution is 6.06. The Hall–Kier alpha value is -1.43. The molecule has 2 fully saturated rings. The second-order valence-corrected chi connectivity index (χ2v) is 4.83. The minimum atomic E-state index is -0.683. The highest BCUT2D eigenvalue weighted by atomic mass is 16.2. The molecule has 6 heteroatoms. The number of nitrogens with one attached hydrogen (secondary N) is 1. The zero-order valence-corrected chi connectivity index (χ0v) is 9.81. The number of likely N-dealkylation sites (N-methyl/N-ethyl adjacent to an activating group) is 1. The molecule has 1 saturated carbocycles. The number of rotatable bonds is 2. The van der Waals surface area contributed by atoms with E-state index >= 15 is 0 Å². The lowest BCUT2D eigenvalue weighted by molar-refractivity contribution is -0.138. The van der Waals surface area contributed by atoms with Crippen molar-refractivity contribution in [3.8, 4) is 0 Å². The van der Waals surface area contributed by atoms with E-state index in [0.29, 0.717) is 6.42 Å². The van der Waals surface area contributed by atoms with Crippen LogP contribution in [0.25, 0.3) is 0 Å². The molecule has 1 aliphatic heterocycles. The standard InChI is InChI=1S/C11H17N3O3/c1-14-9(15)5-8(11(14)17)13-10(16)6-2-3-7(12)4-6/h6-8H,2-5,12H2,1H3,(H,13,16). The molecule has 0 aromatic heterocycles. The van der Waals surface area contributed by atoms with Crippen LogP contribution in [0.4, 0.5) is 0 Å². The Balaban J connectivity index is 1.91. The topological polar surface area (TPSA) is 92.5 Å². The summed E-state index contributed by atoms with van der Waals surface area (Å²) >= 11 is 0. The molecule has 2 aliphatic rings. The molecule has 3 atom stereocenters. The van der Waals surface area contributed by atoms with Crippen molar-refractivity contribution < 1.29 is 14.4 Å². The van der Waals surface area contributed by atoms with E-state index in [0.717, 1.165) is 17.7 Å². The van der Waals surface area contributed by atoms with E-state index in [9.17, 15) is 14.4 Å². The Kier molecular flexibility index (Phi) is 3.15. The minimum Gasteiger partial charge on any atom is -0.344 e. The summed E-state index contributed by atoms with van der Waals surface area (Å²) in [5, 5.41) is 2.65. The Morgan fingerprint density at radius 1 is 1.41 bits per heavy atom. The number of hydrogen-bond donors (Lipinski definition) is 2. The maximum absolute atomic E-state index is 11.9. The first-order chi connectivity index (χ1) is 7.99. The molecule has 0 radical (unpaired) electrons. The van der Waals surface area contributed by atoms with Gasteiger partial charge in [-0.1, -0.05) is 0 Å². The molecule has 0 bridgehead atoms. The van der Waals surface area contributed by atoms with Crippen LogP contribution in [0.15, 0.2) is 0 Å². The van der Waals surface area contributed by atoms with E-state index in [-0.39, 0.29) is 36.1 Å². The number of likely N-dealkylation sites (tertiary alicyclic amines) is 1. The van der Waals surface area contributed by atoms with Gasteiger partial charge in [-0.15, -0.1) is 0 Å². The summed E-state index contributed by atoms with van der Waals surface area (Å²) in [7, 11) is 1.43. The molecule has 0 aromatic rings. The minimum absolute atomic E-state index is 0.0693. The van der Waals surface area contributed by atoms with Crippen LogP contribution < -0.4 is 11.1 Å². The Labute approximate surface area is 99.5 Å². The maximum Gasteiger partial charge on any atom is 0.252 e. The van der Waals surface area contributed by atoms with Crippen molar-refractivity contribution in [3.05, 3.63) is 0 Å². The SMILES string of the molecule is CN1C(=O)CC(NC(=O)C2CCC(N)C2)C1=O. The van der Waals surface area contributed by atoms with Gasteiger partial charge < -0.3 is 11.1 Å². The van der Waals surface area contributed by atoms with Gasteiger partial charge in [0.15, 0.2) is 0 Å². The van der Waals surface area contributed by atoms with Crippen LogP contribution in [-0.2, 0) is 14.4 Å². The number of imide groups is 1. The van der Waals surface area contributed by atoms with Gasteiger partial charge >= 0.3 is 0 Å². The fourth-order valence-corrected chi connectivity index (χ4v) is 2.41. The van der Waals surface area contributed by atoms with Crippen molar-refractivity contribution in [1.29, 1.82) is 0 Å². The molecular formula is C11H17N3O3. The van der Waals surface area contributed by atoms with Crippen molar-refractivity contribution in [2.75, 3.05) is 7.05 Å². The van der Waals surface area contributed by atoms with Crippen molar-refractivity contribution in [2.45, 2.75) is 37.8 Å². The lowest BCUT2D eigenvalue weighted by Crippen LogP contribution is -2.43. The van der Waals surface area contributed by atoms with Gasteiger partial charge in [0.05, 0.1) is 6.42 Å². The average molecular weight is 239 g/mol. The van der Waals surface area contributed by atoms with Gasteiger partial charge in [-0.3, -0.25) is 19.3 Å². The van der Waals surface area contributed by atoms with Gasteiger partial charge in [0, 0.05) is 19.0 Å². The Morgan fingerprint density at radius 3 is 2.59 bits per heavy atom. The number of hydrogen-bond acceptors (Lipinski definition) is 4. The van der Waals surface area contributed by atoms with E-state index in [1.165, 1.54) is 7.05 Å². The molecule has 0 spiro atoms. The van der Waals surface area contributed by atoms with E-state index in [2.05, 4.69) is 5.32 Å². The third-order valence-corrected chi connectivity index (χ3v) is 3.54. The molecule has 17 heavy (non-hydrogen) atoms. The van der Waals surface area contributed by atoms with Crippen LogP contribution in [0.2, 0.25) is 0 Å². The van der Waals surface area contributed by atoms with Gasteiger partial charge in [-0.2, -0.15) is 0 Å². The Morgan fingerprint density at radius 2 is 2.12 bits per heavy atom. The summed E-state index contributed by atoms with van der Waals surface area (Å²) < 4.78 is 0. The summed E-state index contributed by atoms with van der Waals surface area (Å²) in [5.41, 5.74) is 5.73. The number of carbonyl (C=O) groups excluding carboxylic acids is 3. The molecule has 0 aromatic carbocycles. The van der Waals surface area contributed by atoms with Gasteiger partial charge in [0.25, 0.3) is 5.91 Å². The zero-order valence-electron chi connectivity index (χ0n) is 9.81. The first-order valence-corrected chi connectivity index (χ1v) is 5.85. The van der Waals surface area contributed by atoms with Crippen LogP contribution >= 0.6 is 0 Å². The Bertz CT molecular complexity index is 369. The molecule has 3 unspecified atom stereocenters. The predicted octanol–water partition coefficient (Wildman–Crippen LogP) is -1.01. The van der Waals surface area contributed by atoms with Crippen molar-refractivity contribution in [3.63, 3.8) is 0 Å². The number of amides is 3. The smallest absolute Gasteiger partial charge is 0.252 e. The van der Waals surface area contributed by atoms with Crippen LogP contribution in [-0.4, -0.2) is 41.8 Å². The third kappa shape index (κ3) is 2.31. The molecule has 1 heterocycles. The van der Waals surface area contributed by atoms with Gasteiger partial charge in [-0.05, 0) is 19.3 Å². The summed E-state index contributed by atoms with van der Waals surface area (Å²) in [6, 6.07) is -0.605. The van der Waals surface area contributed by atoms with E-state index in [4.69, 9.17) is 5.73 Å². The van der Waals surface area contributed by atoms with Crippen molar-refractivity contribution >= 4 is 17.7 Å². The molecule has 94 valence electrons. The van der Waals surface area contributed by atoms with Crippen molar-refractivity contribution in [2.24, 2.45) is 11.7 Å². The lowest BCUT2D eigenvalue weighted by Gasteiger charge is -2.14. The summed E-state index contributed by atoms with van der Waals surface area (Å²) in [6.07, 6.45) is 2.34. The summed E-state index contributed by atoms with van der Waals surface area (Å²) in [4.78, 5) is 35.8. The van der Waals surface area contributed by atoms with Crippen LogP contribution in [0.5, 0.6) is 0 Å². The first kappa shape index (κ1) is 12.0. The molecule has 3 N–H and O–H groups in total. The van der Waals surface area contributed by atoms with E-state index < -0.39 is 6.04 Å². The van der Waals surface area contributed by atoms with E-state index in [1.807, 2.05) is 0 Å². The third-order valence-electron chi connectivity index (χ3n) is 3.54. The summed E-state index contributed by atoms with van der Waals surface area (Å²) in [6.45, 7) is 0. The second-order valence-electron chi connectivity index (χ2n) is 4.83. The van der Waals surface area contributed by atoms with Crippen LogP contribution in [0.3, 0.4) is 0 Å². The molecule has 1 aliphatic carbocycles. The quantitative estimate of drug-likeness (QED) is 0.604. The average Bonchev–Trinajstić information content (AvgIpc) is 2.80. The fraction of sp³-hybridized carbons (Fsp3) is 0.727.